The summed E-state index contributed by atoms with van der Waals surface area (Å²) in [6.45, 7) is 5.95. The SMILES string of the molecule is C.C.C.CCN1C(=CC=Cc2oc3ccccc3[n+]2CC)Oc2ccccc21.F[P-](F)(F)(F)(F)F. The van der Waals surface area contributed by atoms with Gasteiger partial charge < -0.3 is 14.1 Å². The first-order valence-electron chi connectivity index (χ1n) is 9.67. The molecular weight excluding hydrogens is 493 g/mol. The van der Waals surface area contributed by atoms with Gasteiger partial charge in [-0.1, -0.05) is 46.5 Å². The van der Waals surface area contributed by atoms with E-state index in [1.165, 1.54) is 0 Å². The maximum atomic E-state index is 9.87. The van der Waals surface area contributed by atoms with Gasteiger partial charge in [-0.3, -0.25) is 0 Å². The van der Waals surface area contributed by atoms with E-state index in [0.717, 1.165) is 47.4 Å². The quantitative estimate of drug-likeness (QED) is 0.193. The predicted octanol–water partition coefficient (Wildman–Crippen LogP) is 9.80. The van der Waals surface area contributed by atoms with Crippen LogP contribution < -0.4 is 14.2 Å². The zero-order valence-electron chi connectivity index (χ0n) is 17.2. The van der Waals surface area contributed by atoms with Crippen LogP contribution in [-0.2, 0) is 6.54 Å². The number of halogens is 6. The number of allylic oxidation sites excluding steroid dienone is 2. The number of anilines is 1. The van der Waals surface area contributed by atoms with E-state index >= 15 is 0 Å². The molecule has 2 aromatic carbocycles. The third kappa shape index (κ3) is 9.28. The minimum atomic E-state index is -10.7. The van der Waals surface area contributed by atoms with Gasteiger partial charge in [0.05, 0.1) is 11.8 Å². The Hall–Kier alpha value is -3.00. The van der Waals surface area contributed by atoms with Crippen LogP contribution in [0.25, 0.3) is 17.2 Å². The van der Waals surface area contributed by atoms with Gasteiger partial charge in [-0.25, -0.2) is 0 Å². The average molecular weight is 527 g/mol. The van der Waals surface area contributed by atoms with E-state index in [9.17, 15) is 25.2 Å². The van der Waals surface area contributed by atoms with E-state index in [1.807, 2.05) is 54.6 Å². The number of nitrogens with zero attached hydrogens (tertiary/aromatic N) is 2. The second-order valence-electron chi connectivity index (χ2n) is 6.79. The predicted molar refractivity (Wildman–Crippen MR) is 133 cm³/mol. The minimum absolute atomic E-state index is 0. The number of aryl methyl sites for hydroxylation is 1. The molecule has 4 rings (SSSR count). The number of para-hydroxylation sites is 4. The van der Waals surface area contributed by atoms with Crippen molar-refractivity contribution in [1.82, 2.24) is 0 Å². The Kier molecular flexibility index (Phi) is 9.81. The van der Waals surface area contributed by atoms with Crippen molar-refractivity contribution < 1.29 is 38.9 Å². The second kappa shape index (κ2) is 10.7. The molecule has 0 N–H and O–H groups in total. The molecule has 0 atom stereocenters. The Morgan fingerprint density at radius 3 is 2.06 bits per heavy atom. The first kappa shape index (κ1) is 32.0. The molecule has 3 aromatic rings. The Labute approximate surface area is 202 Å². The van der Waals surface area contributed by atoms with Gasteiger partial charge in [0.15, 0.2) is 5.75 Å². The molecule has 0 spiro atoms. The average Bonchev–Trinajstić information content (AvgIpc) is 3.22. The molecule has 1 aromatic heterocycles. The Balaban J connectivity index is 0.00000102. The fraction of sp³-hybridized carbons (Fsp3) is 0.292. The van der Waals surface area contributed by atoms with Gasteiger partial charge in [0, 0.05) is 12.6 Å². The number of rotatable bonds is 4. The zero-order chi connectivity index (χ0) is 23.6. The summed E-state index contributed by atoms with van der Waals surface area (Å²) in [5.74, 6) is 2.56. The molecule has 0 fully saturated rings. The van der Waals surface area contributed by atoms with Crippen molar-refractivity contribution in [3.05, 3.63) is 72.5 Å². The molecular formula is C24H33F6N2O2P. The van der Waals surface area contributed by atoms with E-state index < -0.39 is 7.81 Å². The summed E-state index contributed by atoms with van der Waals surface area (Å²) in [6.07, 6.45) is 5.95. The molecule has 0 unspecified atom stereocenters. The number of hydrogen-bond donors (Lipinski definition) is 0. The molecule has 0 bridgehead atoms. The Bertz CT molecular complexity index is 1180. The molecule has 1 aliphatic rings. The molecule has 198 valence electrons. The topological polar surface area (TPSA) is 29.5 Å². The van der Waals surface area contributed by atoms with Crippen molar-refractivity contribution in [3.8, 4) is 5.75 Å². The van der Waals surface area contributed by atoms with Crippen molar-refractivity contribution in [2.45, 2.75) is 42.7 Å². The van der Waals surface area contributed by atoms with Gasteiger partial charge in [-0.15, -0.1) is 0 Å². The fourth-order valence-corrected chi connectivity index (χ4v) is 3.22. The molecule has 11 heteroatoms. The fourth-order valence-electron chi connectivity index (χ4n) is 3.22. The summed E-state index contributed by atoms with van der Waals surface area (Å²) in [7, 11) is -10.7. The van der Waals surface area contributed by atoms with Crippen LogP contribution in [0.5, 0.6) is 5.75 Å². The van der Waals surface area contributed by atoms with Gasteiger partial charge in [0.1, 0.15) is 6.54 Å². The van der Waals surface area contributed by atoms with Gasteiger partial charge in [0.2, 0.25) is 11.5 Å². The zero-order valence-corrected chi connectivity index (χ0v) is 18.1. The summed E-state index contributed by atoms with van der Waals surface area (Å²) in [5, 5.41) is 0. The van der Waals surface area contributed by atoms with Crippen LogP contribution >= 0.6 is 7.81 Å². The van der Waals surface area contributed by atoms with E-state index in [0.29, 0.717) is 0 Å². The van der Waals surface area contributed by atoms with E-state index in [2.05, 4.69) is 35.4 Å². The third-order valence-electron chi connectivity index (χ3n) is 4.38. The number of fused-ring (bicyclic) bond motifs is 2. The molecule has 35 heavy (non-hydrogen) atoms. The Morgan fingerprint density at radius 1 is 0.886 bits per heavy atom. The molecule has 0 amide bonds. The number of oxazole rings is 1. The second-order valence-corrected chi connectivity index (χ2v) is 8.71. The van der Waals surface area contributed by atoms with Gasteiger partial charge >= 0.3 is 38.9 Å². The van der Waals surface area contributed by atoms with Crippen LogP contribution in [0.15, 0.2) is 71.0 Å². The molecule has 0 saturated heterocycles. The van der Waals surface area contributed by atoms with Crippen LogP contribution in [0.1, 0.15) is 42.0 Å². The molecule has 4 nitrogen and oxygen atoms in total. The van der Waals surface area contributed by atoms with Crippen LogP contribution in [-0.4, -0.2) is 6.54 Å². The summed E-state index contributed by atoms with van der Waals surface area (Å²) < 4.78 is 73.3. The van der Waals surface area contributed by atoms with E-state index in [-0.39, 0.29) is 22.3 Å². The van der Waals surface area contributed by atoms with Crippen molar-refractivity contribution in [2.24, 2.45) is 0 Å². The molecule has 0 saturated carbocycles. The van der Waals surface area contributed by atoms with Crippen molar-refractivity contribution >= 4 is 30.7 Å². The number of ether oxygens (including phenoxy) is 1. The van der Waals surface area contributed by atoms with Crippen molar-refractivity contribution in [2.75, 3.05) is 11.4 Å². The van der Waals surface area contributed by atoms with Crippen LogP contribution in [0, 0.1) is 0 Å². The molecule has 0 aliphatic carbocycles. The van der Waals surface area contributed by atoms with Crippen LogP contribution in [0.3, 0.4) is 0 Å². The molecule has 2 heterocycles. The molecule has 1 aliphatic heterocycles. The summed E-state index contributed by atoms with van der Waals surface area (Å²) >= 11 is 0. The number of hydrogen-bond acceptors (Lipinski definition) is 3. The van der Waals surface area contributed by atoms with Gasteiger partial charge in [0.25, 0.3) is 5.52 Å². The summed E-state index contributed by atoms with van der Waals surface area (Å²) in [6, 6.07) is 16.2. The van der Waals surface area contributed by atoms with Crippen LogP contribution in [0.4, 0.5) is 30.9 Å². The third-order valence-corrected chi connectivity index (χ3v) is 4.38. The van der Waals surface area contributed by atoms with Gasteiger partial charge in [-0.2, -0.15) is 4.57 Å². The standard InChI is InChI=1S/C21H21N2O2.3CH4.F6P/c1-3-22-16-10-5-7-12-18(16)24-20(22)14-9-15-21-23(4-2)17-11-6-8-13-19(17)25-21;;;;1-7(2,3,4,5)6/h5-15H,3-4H2,1-2H3;3*1H4;/q+1;;;;-1. The van der Waals surface area contributed by atoms with E-state index in [4.69, 9.17) is 9.15 Å². The first-order valence-corrected chi connectivity index (χ1v) is 11.7. The number of benzene rings is 2. The van der Waals surface area contributed by atoms with Crippen LogP contribution in [0.2, 0.25) is 0 Å². The van der Waals surface area contributed by atoms with Gasteiger partial charge in [-0.05, 0) is 44.2 Å². The summed E-state index contributed by atoms with van der Waals surface area (Å²) in [4.78, 5) is 2.16. The monoisotopic (exact) mass is 526 g/mol. The van der Waals surface area contributed by atoms with E-state index in [1.54, 1.807) is 0 Å². The molecule has 0 radical (unpaired) electrons. The normalized spacial score (nSPS) is 15.5. The summed E-state index contributed by atoms with van der Waals surface area (Å²) in [5.41, 5.74) is 3.12. The van der Waals surface area contributed by atoms with Crippen molar-refractivity contribution in [1.29, 1.82) is 0 Å². The first-order chi connectivity index (χ1) is 14.8. The Morgan fingerprint density at radius 2 is 1.46 bits per heavy atom. The number of aromatic nitrogens is 1. The maximum absolute atomic E-state index is 10.7. The van der Waals surface area contributed by atoms with Crippen molar-refractivity contribution in [3.63, 3.8) is 0 Å².